The Kier molecular flexibility index (Phi) is 6.14. The molecule has 1 aromatic carbocycles. The molecule has 6 nitrogen and oxygen atoms in total. The van der Waals surface area contributed by atoms with Crippen molar-refractivity contribution in [2.24, 2.45) is 7.05 Å². The molecule has 0 fully saturated rings. The molecule has 124 valence electrons. The van der Waals surface area contributed by atoms with Crippen LogP contribution in [0, 0.1) is 0 Å². The molecule has 0 radical (unpaired) electrons. The third-order valence-corrected chi connectivity index (χ3v) is 3.80. The number of aromatic nitrogens is 2. The number of nitrogens with zero attached hydrogens (tertiary/aromatic N) is 2. The SMILES string of the molecule is Cn1nc(CC(=O)NCCCCCCC(=O)O)c2ccccc21. The fourth-order valence-electron chi connectivity index (χ4n) is 2.62. The first-order valence-electron chi connectivity index (χ1n) is 7.97. The number of aryl methyl sites for hydroxylation is 1. The average molecular weight is 317 g/mol. The first kappa shape index (κ1) is 17.0. The number of aliphatic carboxylic acids is 1. The largest absolute Gasteiger partial charge is 0.481 e. The Hall–Kier alpha value is -2.37. The van der Waals surface area contributed by atoms with E-state index in [0.29, 0.717) is 13.0 Å². The van der Waals surface area contributed by atoms with Crippen LogP contribution in [-0.4, -0.2) is 33.3 Å². The summed E-state index contributed by atoms with van der Waals surface area (Å²) in [7, 11) is 1.88. The Balaban J connectivity index is 1.71. The first-order valence-corrected chi connectivity index (χ1v) is 7.97. The standard InChI is InChI=1S/C17H23N3O3/c1-20-15-9-6-5-8-13(15)14(19-20)12-16(21)18-11-7-3-2-4-10-17(22)23/h5-6,8-9H,2-4,7,10-12H2,1H3,(H,18,21)(H,22,23). The lowest BCUT2D eigenvalue weighted by molar-refractivity contribution is -0.137. The second-order valence-corrected chi connectivity index (χ2v) is 5.67. The van der Waals surface area contributed by atoms with Gasteiger partial charge in [-0.25, -0.2) is 0 Å². The van der Waals surface area contributed by atoms with E-state index in [1.165, 1.54) is 0 Å². The van der Waals surface area contributed by atoms with E-state index in [2.05, 4.69) is 10.4 Å². The zero-order chi connectivity index (χ0) is 16.7. The van der Waals surface area contributed by atoms with E-state index in [1.54, 1.807) is 4.68 Å². The molecule has 23 heavy (non-hydrogen) atoms. The second kappa shape index (κ2) is 8.31. The lowest BCUT2D eigenvalue weighted by Gasteiger charge is -2.04. The van der Waals surface area contributed by atoms with Crippen LogP contribution in [-0.2, 0) is 23.1 Å². The van der Waals surface area contributed by atoms with Crippen LogP contribution < -0.4 is 5.32 Å². The lowest BCUT2D eigenvalue weighted by atomic mass is 10.1. The molecule has 1 aromatic heterocycles. The Morgan fingerprint density at radius 1 is 1.17 bits per heavy atom. The number of hydrogen-bond acceptors (Lipinski definition) is 3. The van der Waals surface area contributed by atoms with Gasteiger partial charge in [-0.1, -0.05) is 31.0 Å². The van der Waals surface area contributed by atoms with Gasteiger partial charge in [0.05, 0.1) is 17.6 Å². The molecule has 0 unspecified atom stereocenters. The van der Waals surface area contributed by atoms with Crippen LogP contribution in [0.15, 0.2) is 24.3 Å². The molecule has 0 aliphatic rings. The number of unbranched alkanes of at least 4 members (excludes halogenated alkanes) is 3. The van der Waals surface area contributed by atoms with Crippen molar-refractivity contribution in [3.63, 3.8) is 0 Å². The fraction of sp³-hybridized carbons (Fsp3) is 0.471. The van der Waals surface area contributed by atoms with Crippen molar-refractivity contribution in [1.29, 1.82) is 0 Å². The summed E-state index contributed by atoms with van der Waals surface area (Å²) in [6.07, 6.45) is 3.88. The molecule has 1 heterocycles. The predicted octanol–water partition coefficient (Wildman–Crippen LogP) is 2.27. The van der Waals surface area contributed by atoms with E-state index in [-0.39, 0.29) is 18.7 Å². The number of carboxylic acids is 1. The topological polar surface area (TPSA) is 84.2 Å². The van der Waals surface area contributed by atoms with Gasteiger partial charge in [0.2, 0.25) is 5.91 Å². The molecule has 0 atom stereocenters. The highest BCUT2D eigenvalue weighted by molar-refractivity contribution is 5.87. The number of carbonyl (C=O) groups is 2. The summed E-state index contributed by atoms with van der Waals surface area (Å²) in [4.78, 5) is 22.4. The Labute approximate surface area is 135 Å². The molecule has 2 N–H and O–H groups in total. The van der Waals surface area contributed by atoms with Crippen molar-refractivity contribution in [2.75, 3.05) is 6.54 Å². The number of carboxylic acid groups (broad SMARTS) is 1. The summed E-state index contributed by atoms with van der Waals surface area (Å²) >= 11 is 0. The van der Waals surface area contributed by atoms with Crippen molar-refractivity contribution in [3.05, 3.63) is 30.0 Å². The smallest absolute Gasteiger partial charge is 0.303 e. The third kappa shape index (κ3) is 5.09. The van der Waals surface area contributed by atoms with Gasteiger partial charge in [-0.3, -0.25) is 14.3 Å². The van der Waals surface area contributed by atoms with E-state index >= 15 is 0 Å². The summed E-state index contributed by atoms with van der Waals surface area (Å²) in [6, 6.07) is 7.87. The molecule has 0 saturated heterocycles. The highest BCUT2D eigenvalue weighted by Crippen LogP contribution is 2.17. The fourth-order valence-corrected chi connectivity index (χ4v) is 2.62. The maximum Gasteiger partial charge on any atom is 0.303 e. The Morgan fingerprint density at radius 3 is 2.70 bits per heavy atom. The van der Waals surface area contributed by atoms with E-state index < -0.39 is 5.97 Å². The third-order valence-electron chi connectivity index (χ3n) is 3.80. The Morgan fingerprint density at radius 2 is 1.91 bits per heavy atom. The van der Waals surface area contributed by atoms with Crippen LogP contribution in [0.5, 0.6) is 0 Å². The zero-order valence-corrected chi connectivity index (χ0v) is 13.4. The lowest BCUT2D eigenvalue weighted by Crippen LogP contribution is -2.26. The van der Waals surface area contributed by atoms with E-state index in [4.69, 9.17) is 5.11 Å². The highest BCUT2D eigenvalue weighted by Gasteiger charge is 2.11. The Bertz CT molecular complexity index is 679. The average Bonchev–Trinajstić information content (AvgIpc) is 2.83. The van der Waals surface area contributed by atoms with Gasteiger partial charge in [-0.05, 0) is 18.9 Å². The summed E-state index contributed by atoms with van der Waals surface area (Å²) in [5, 5.41) is 16.9. The molecule has 0 aliphatic carbocycles. The van der Waals surface area contributed by atoms with Crippen LogP contribution >= 0.6 is 0 Å². The normalized spacial score (nSPS) is 10.8. The van der Waals surface area contributed by atoms with Crippen molar-refractivity contribution in [2.45, 2.75) is 38.5 Å². The summed E-state index contributed by atoms with van der Waals surface area (Å²) in [5.74, 6) is -0.778. The summed E-state index contributed by atoms with van der Waals surface area (Å²) < 4.78 is 1.79. The molecule has 6 heteroatoms. The maximum atomic E-state index is 12.0. The van der Waals surface area contributed by atoms with Crippen LogP contribution in [0.2, 0.25) is 0 Å². The number of fused-ring (bicyclic) bond motifs is 1. The number of nitrogens with one attached hydrogen (secondary N) is 1. The molecule has 2 rings (SSSR count). The molecule has 0 bridgehead atoms. The number of hydrogen-bond donors (Lipinski definition) is 2. The molecular formula is C17H23N3O3. The molecular weight excluding hydrogens is 294 g/mol. The number of amides is 1. The van der Waals surface area contributed by atoms with Gasteiger partial charge in [0.1, 0.15) is 0 Å². The van der Waals surface area contributed by atoms with Crippen molar-refractivity contribution in [1.82, 2.24) is 15.1 Å². The summed E-state index contributed by atoms with van der Waals surface area (Å²) in [6.45, 7) is 0.622. The highest BCUT2D eigenvalue weighted by atomic mass is 16.4. The van der Waals surface area contributed by atoms with Gasteiger partial charge in [-0.2, -0.15) is 5.10 Å². The van der Waals surface area contributed by atoms with Gasteiger partial charge in [0, 0.05) is 25.4 Å². The van der Waals surface area contributed by atoms with Crippen LogP contribution in [0.1, 0.15) is 37.8 Å². The van der Waals surface area contributed by atoms with Crippen molar-refractivity contribution in [3.8, 4) is 0 Å². The predicted molar refractivity (Wildman–Crippen MR) is 88.1 cm³/mol. The van der Waals surface area contributed by atoms with E-state index in [1.807, 2.05) is 31.3 Å². The van der Waals surface area contributed by atoms with Crippen LogP contribution in [0.25, 0.3) is 10.9 Å². The second-order valence-electron chi connectivity index (χ2n) is 5.67. The number of benzene rings is 1. The number of para-hydroxylation sites is 1. The minimum atomic E-state index is -0.749. The summed E-state index contributed by atoms with van der Waals surface area (Å²) in [5.41, 5.74) is 1.82. The molecule has 0 aliphatic heterocycles. The van der Waals surface area contributed by atoms with E-state index in [0.717, 1.165) is 35.9 Å². The van der Waals surface area contributed by atoms with E-state index in [9.17, 15) is 9.59 Å². The van der Waals surface area contributed by atoms with Crippen LogP contribution in [0.3, 0.4) is 0 Å². The quantitative estimate of drug-likeness (QED) is 0.695. The first-order chi connectivity index (χ1) is 11.1. The zero-order valence-electron chi connectivity index (χ0n) is 13.4. The number of carbonyl (C=O) groups excluding carboxylic acids is 1. The number of rotatable bonds is 9. The van der Waals surface area contributed by atoms with Gasteiger partial charge in [-0.15, -0.1) is 0 Å². The molecule has 1 amide bonds. The maximum absolute atomic E-state index is 12.0. The van der Waals surface area contributed by atoms with Gasteiger partial charge < -0.3 is 10.4 Å². The van der Waals surface area contributed by atoms with Gasteiger partial charge in [0.15, 0.2) is 0 Å². The molecule has 0 spiro atoms. The van der Waals surface area contributed by atoms with Gasteiger partial charge >= 0.3 is 5.97 Å². The molecule has 2 aromatic rings. The van der Waals surface area contributed by atoms with Crippen LogP contribution in [0.4, 0.5) is 0 Å². The van der Waals surface area contributed by atoms with Crippen molar-refractivity contribution < 1.29 is 14.7 Å². The van der Waals surface area contributed by atoms with Gasteiger partial charge in [0.25, 0.3) is 0 Å². The monoisotopic (exact) mass is 317 g/mol. The minimum absolute atomic E-state index is 0.0283. The molecule has 0 saturated carbocycles. The van der Waals surface area contributed by atoms with Crippen molar-refractivity contribution >= 4 is 22.8 Å². The minimum Gasteiger partial charge on any atom is -0.481 e.